The molecule has 20 heavy (non-hydrogen) atoms. The van der Waals surface area contributed by atoms with Crippen molar-refractivity contribution in [3.8, 4) is 0 Å². The Kier molecular flexibility index (Phi) is 5.19. The summed E-state index contributed by atoms with van der Waals surface area (Å²) in [7, 11) is 0. The number of nitrogens with zero attached hydrogens (tertiary/aromatic N) is 1. The van der Waals surface area contributed by atoms with Crippen LogP contribution in [0.2, 0.25) is 0 Å². The van der Waals surface area contributed by atoms with E-state index in [1.54, 1.807) is 0 Å². The van der Waals surface area contributed by atoms with Crippen LogP contribution in [0.15, 0.2) is 84.9 Å². The summed E-state index contributed by atoms with van der Waals surface area (Å²) in [6.45, 7) is 0. The molecular formula is C18H14AuN. The number of anilines is 3. The van der Waals surface area contributed by atoms with E-state index in [2.05, 4.69) is 71.6 Å². The molecule has 3 aromatic rings. The molecule has 0 radical (unpaired) electrons. The molecule has 0 N–H and O–H groups in total. The molecule has 0 fully saturated rings. The molecule has 0 saturated carbocycles. The molecule has 0 heterocycles. The van der Waals surface area contributed by atoms with Crippen molar-refractivity contribution in [1.29, 1.82) is 0 Å². The van der Waals surface area contributed by atoms with Gasteiger partial charge >= 0.3 is 22.4 Å². The summed E-state index contributed by atoms with van der Waals surface area (Å²) in [5.74, 6) is 0. The Bertz CT molecular complexity index is 529. The Morgan fingerprint density at radius 3 is 1.40 bits per heavy atom. The van der Waals surface area contributed by atoms with E-state index in [4.69, 9.17) is 0 Å². The topological polar surface area (TPSA) is 3.24 Å². The first kappa shape index (κ1) is 14.6. The molecule has 102 valence electrons. The normalized spacial score (nSPS) is 9.60. The SMILES string of the molecule is [Au+].[c-]1ccc(N(c2ccccc2)c2ccccc2)cc1. The zero-order valence-corrected chi connectivity index (χ0v) is 13.0. The van der Waals surface area contributed by atoms with E-state index < -0.39 is 0 Å². The Labute approximate surface area is 135 Å². The van der Waals surface area contributed by atoms with E-state index in [1.165, 1.54) is 0 Å². The third-order valence-corrected chi connectivity index (χ3v) is 2.99. The molecule has 0 saturated heterocycles. The smallest absolute Gasteiger partial charge is 0.334 e. The molecule has 3 rings (SSSR count). The van der Waals surface area contributed by atoms with Gasteiger partial charge in [-0.3, -0.25) is 0 Å². The van der Waals surface area contributed by atoms with Crippen LogP contribution in [-0.4, -0.2) is 0 Å². The standard InChI is InChI=1S/C18H14N.Au/c1-4-10-16(11-5-1)19(17-12-6-2-7-13-17)18-14-8-3-9-15-18;/h1-2,4-15H;/q-1;+1. The van der Waals surface area contributed by atoms with Gasteiger partial charge in [0.2, 0.25) is 0 Å². The quantitative estimate of drug-likeness (QED) is 0.411. The first-order valence-corrected chi connectivity index (χ1v) is 6.31. The molecule has 0 aliphatic rings. The van der Waals surface area contributed by atoms with Gasteiger partial charge in [0.1, 0.15) is 0 Å². The summed E-state index contributed by atoms with van der Waals surface area (Å²) in [6, 6.07) is 31.8. The number of rotatable bonds is 3. The third kappa shape index (κ3) is 3.20. The second kappa shape index (κ2) is 7.11. The maximum Gasteiger partial charge on any atom is 1.00 e. The number of para-hydroxylation sites is 2. The van der Waals surface area contributed by atoms with E-state index in [1.807, 2.05) is 24.3 Å². The maximum atomic E-state index is 3.06. The van der Waals surface area contributed by atoms with Crippen molar-refractivity contribution in [3.05, 3.63) is 91.0 Å². The van der Waals surface area contributed by atoms with Crippen molar-refractivity contribution >= 4 is 17.1 Å². The van der Waals surface area contributed by atoms with Crippen LogP contribution in [0, 0.1) is 6.07 Å². The largest absolute Gasteiger partial charge is 1.00 e. The summed E-state index contributed by atoms with van der Waals surface area (Å²) in [5, 5.41) is 0. The van der Waals surface area contributed by atoms with Gasteiger partial charge in [0.15, 0.2) is 0 Å². The van der Waals surface area contributed by atoms with Crippen molar-refractivity contribution in [3.63, 3.8) is 0 Å². The molecule has 0 aromatic heterocycles. The van der Waals surface area contributed by atoms with Gasteiger partial charge in [-0.05, 0) is 24.3 Å². The van der Waals surface area contributed by atoms with Gasteiger partial charge in [0.25, 0.3) is 0 Å². The van der Waals surface area contributed by atoms with Gasteiger partial charge in [-0.1, -0.05) is 42.1 Å². The van der Waals surface area contributed by atoms with Crippen LogP contribution in [-0.2, 0) is 22.4 Å². The Hall–Kier alpha value is -1.80. The molecule has 0 aliphatic carbocycles. The molecule has 2 heteroatoms. The van der Waals surface area contributed by atoms with Crippen LogP contribution in [0.4, 0.5) is 17.1 Å². The molecule has 0 amide bonds. The first-order valence-electron chi connectivity index (χ1n) is 6.31. The van der Waals surface area contributed by atoms with Crippen LogP contribution in [0.1, 0.15) is 0 Å². The molecular weight excluding hydrogens is 427 g/mol. The first-order chi connectivity index (χ1) is 9.45. The van der Waals surface area contributed by atoms with Crippen molar-refractivity contribution in [1.82, 2.24) is 0 Å². The Morgan fingerprint density at radius 2 is 0.950 bits per heavy atom. The number of hydrogen-bond acceptors (Lipinski definition) is 1. The zero-order chi connectivity index (χ0) is 12.9. The minimum Gasteiger partial charge on any atom is -0.334 e. The van der Waals surface area contributed by atoms with Gasteiger partial charge in [0, 0.05) is 11.4 Å². The van der Waals surface area contributed by atoms with Gasteiger partial charge < -0.3 is 4.90 Å². The molecule has 0 bridgehead atoms. The average Bonchev–Trinajstić information content (AvgIpc) is 2.51. The second-order valence-corrected chi connectivity index (χ2v) is 4.26. The fraction of sp³-hybridized carbons (Fsp3) is 0. The van der Waals surface area contributed by atoms with E-state index in [0.29, 0.717) is 0 Å². The summed E-state index contributed by atoms with van der Waals surface area (Å²) >= 11 is 0. The summed E-state index contributed by atoms with van der Waals surface area (Å²) < 4.78 is 0. The van der Waals surface area contributed by atoms with Gasteiger partial charge in [0.05, 0.1) is 0 Å². The van der Waals surface area contributed by atoms with Crippen molar-refractivity contribution in [2.24, 2.45) is 0 Å². The molecule has 0 atom stereocenters. The van der Waals surface area contributed by atoms with Crippen molar-refractivity contribution in [2.75, 3.05) is 4.90 Å². The number of benzene rings is 3. The van der Waals surface area contributed by atoms with Gasteiger partial charge in [-0.2, -0.15) is 18.2 Å². The van der Waals surface area contributed by atoms with Crippen molar-refractivity contribution < 1.29 is 22.4 Å². The van der Waals surface area contributed by atoms with E-state index >= 15 is 0 Å². The van der Waals surface area contributed by atoms with E-state index in [9.17, 15) is 0 Å². The van der Waals surface area contributed by atoms with E-state index in [0.717, 1.165) is 17.1 Å². The van der Waals surface area contributed by atoms with Crippen LogP contribution in [0.5, 0.6) is 0 Å². The summed E-state index contributed by atoms with van der Waals surface area (Å²) in [4.78, 5) is 2.23. The Morgan fingerprint density at radius 1 is 0.550 bits per heavy atom. The molecule has 3 aromatic carbocycles. The minimum atomic E-state index is 0. The van der Waals surface area contributed by atoms with Crippen LogP contribution >= 0.6 is 0 Å². The maximum absolute atomic E-state index is 3.06. The predicted molar refractivity (Wildman–Crippen MR) is 80.0 cm³/mol. The minimum absolute atomic E-state index is 0. The summed E-state index contributed by atoms with van der Waals surface area (Å²) in [6.07, 6.45) is 0. The molecule has 0 aliphatic heterocycles. The van der Waals surface area contributed by atoms with Crippen LogP contribution in [0.3, 0.4) is 0 Å². The summed E-state index contributed by atoms with van der Waals surface area (Å²) in [5.41, 5.74) is 3.44. The number of hydrogen-bond donors (Lipinski definition) is 0. The zero-order valence-electron chi connectivity index (χ0n) is 10.8. The van der Waals surface area contributed by atoms with Crippen LogP contribution in [0.25, 0.3) is 0 Å². The Balaban J connectivity index is 0.00000147. The second-order valence-electron chi connectivity index (χ2n) is 4.26. The fourth-order valence-corrected chi connectivity index (χ4v) is 2.13. The molecule has 0 unspecified atom stereocenters. The van der Waals surface area contributed by atoms with E-state index in [-0.39, 0.29) is 22.4 Å². The average molecular weight is 441 g/mol. The molecule has 1 nitrogen and oxygen atoms in total. The fourth-order valence-electron chi connectivity index (χ4n) is 2.13. The van der Waals surface area contributed by atoms with Gasteiger partial charge in [-0.15, -0.1) is 12.1 Å². The molecule has 0 spiro atoms. The van der Waals surface area contributed by atoms with Crippen LogP contribution < -0.4 is 4.90 Å². The monoisotopic (exact) mass is 441 g/mol. The third-order valence-electron chi connectivity index (χ3n) is 2.99. The van der Waals surface area contributed by atoms with Gasteiger partial charge in [-0.25, -0.2) is 0 Å². The predicted octanol–water partition coefficient (Wildman–Crippen LogP) is 4.95. The van der Waals surface area contributed by atoms with Crippen molar-refractivity contribution in [2.45, 2.75) is 0 Å².